The number of methoxy groups -OCH3 is 3. The monoisotopic (exact) mass is 513 g/mol. The van der Waals surface area contributed by atoms with Crippen molar-refractivity contribution < 1.29 is 37.0 Å². The second kappa shape index (κ2) is 12.0. The molecule has 0 spiro atoms. The van der Waals surface area contributed by atoms with Crippen LogP contribution in [-0.2, 0) is 24.2 Å². The maximum absolute atomic E-state index is 13.0. The van der Waals surface area contributed by atoms with Gasteiger partial charge in [0.2, 0.25) is 10.0 Å². The van der Waals surface area contributed by atoms with Gasteiger partial charge >= 0.3 is 5.97 Å². The fourth-order valence-electron chi connectivity index (χ4n) is 3.03. The normalized spacial score (nSPS) is 11.4. The van der Waals surface area contributed by atoms with Crippen molar-refractivity contribution in [1.29, 1.82) is 0 Å². The van der Waals surface area contributed by atoms with Gasteiger partial charge in [0, 0.05) is 32.9 Å². The van der Waals surface area contributed by atoms with Gasteiger partial charge in [-0.1, -0.05) is 0 Å². The van der Waals surface area contributed by atoms with E-state index in [9.17, 15) is 22.8 Å². The Labute approximate surface area is 201 Å². The maximum Gasteiger partial charge on any atom is 0.348 e. The van der Waals surface area contributed by atoms with Gasteiger partial charge in [-0.15, -0.1) is 11.3 Å². The molecular weight excluding hydrogens is 486 g/mol. The molecule has 2 aromatic rings. The second-order valence-electron chi connectivity index (χ2n) is 6.98. The number of carbonyl (C=O) groups excluding carboxylic acids is 3. The molecule has 13 heteroatoms. The first kappa shape index (κ1) is 27.4. The number of hydrogen-bond acceptors (Lipinski definition) is 9. The smallest absolute Gasteiger partial charge is 0.348 e. The fraction of sp³-hybridized carbons (Fsp3) is 0.381. The highest BCUT2D eigenvalue weighted by Crippen LogP contribution is 2.33. The lowest BCUT2D eigenvalue weighted by atomic mass is 10.1. The van der Waals surface area contributed by atoms with Crippen LogP contribution in [0, 0.1) is 6.92 Å². The first-order valence-electron chi connectivity index (χ1n) is 9.99. The summed E-state index contributed by atoms with van der Waals surface area (Å²) in [6, 6.07) is 5.31. The maximum atomic E-state index is 13.0. The molecule has 0 unspecified atom stereocenters. The molecule has 0 aliphatic rings. The lowest BCUT2D eigenvalue weighted by Gasteiger charge is -2.21. The van der Waals surface area contributed by atoms with E-state index in [1.54, 1.807) is 0 Å². The van der Waals surface area contributed by atoms with Crippen molar-refractivity contribution in [2.45, 2.75) is 11.8 Å². The van der Waals surface area contributed by atoms with E-state index < -0.39 is 27.8 Å². The average molecular weight is 514 g/mol. The molecular formula is C21H27N3O8S2. The van der Waals surface area contributed by atoms with Crippen molar-refractivity contribution in [3.63, 3.8) is 0 Å². The van der Waals surface area contributed by atoms with Gasteiger partial charge in [-0.25, -0.2) is 13.2 Å². The number of anilines is 1. The Bertz CT molecular complexity index is 1140. The minimum absolute atomic E-state index is 0.00451. The van der Waals surface area contributed by atoms with E-state index in [0.717, 1.165) is 11.3 Å². The highest BCUT2D eigenvalue weighted by atomic mass is 32.2. The number of ether oxygens (including phenoxy) is 3. The Morgan fingerprint density at radius 2 is 1.59 bits per heavy atom. The summed E-state index contributed by atoms with van der Waals surface area (Å²) in [5, 5.41) is 2.66. The van der Waals surface area contributed by atoms with Gasteiger partial charge in [-0.3, -0.25) is 9.59 Å². The van der Waals surface area contributed by atoms with Crippen LogP contribution in [0.4, 0.5) is 5.00 Å². The standard InChI is InChI=1S/C21H27N3O8S2/c1-13-16(18(22)25)20(33-17(13)21(27)32-4)23-19(26)14-5-7-15(8-6-14)34(28,29)24(9-11-30-2)10-12-31-3/h5-8H,9-12H2,1-4H3,(H2,22,25)(H,23,26). The Morgan fingerprint density at radius 1 is 1.03 bits per heavy atom. The summed E-state index contributed by atoms with van der Waals surface area (Å²) in [4.78, 5) is 36.7. The molecule has 0 aliphatic carbocycles. The summed E-state index contributed by atoms with van der Waals surface area (Å²) in [5.74, 6) is -2.08. The number of thiophene rings is 1. The molecule has 0 saturated heterocycles. The Morgan fingerprint density at radius 3 is 2.06 bits per heavy atom. The molecule has 11 nitrogen and oxygen atoms in total. The van der Waals surface area contributed by atoms with Crippen molar-refractivity contribution in [2.75, 3.05) is 52.9 Å². The molecule has 2 rings (SSSR count). The largest absolute Gasteiger partial charge is 0.465 e. The lowest BCUT2D eigenvalue weighted by Crippen LogP contribution is -2.36. The number of hydrogen-bond donors (Lipinski definition) is 2. The summed E-state index contributed by atoms with van der Waals surface area (Å²) >= 11 is 0.863. The quantitative estimate of drug-likeness (QED) is 0.405. The zero-order chi connectivity index (χ0) is 25.5. The van der Waals surface area contributed by atoms with Crippen LogP contribution >= 0.6 is 11.3 Å². The molecule has 0 saturated carbocycles. The van der Waals surface area contributed by atoms with E-state index in [0.29, 0.717) is 5.56 Å². The summed E-state index contributed by atoms with van der Waals surface area (Å²) in [6.45, 7) is 2.22. The number of benzene rings is 1. The first-order valence-corrected chi connectivity index (χ1v) is 12.2. The molecule has 2 amide bonds. The molecule has 0 fully saturated rings. The number of amides is 2. The molecule has 186 valence electrons. The van der Waals surface area contributed by atoms with E-state index in [4.69, 9.17) is 19.9 Å². The lowest BCUT2D eigenvalue weighted by molar-refractivity contribution is 0.0605. The van der Waals surface area contributed by atoms with Crippen molar-refractivity contribution in [3.8, 4) is 0 Å². The molecule has 1 heterocycles. The molecule has 0 aliphatic heterocycles. The van der Waals surface area contributed by atoms with Crippen LogP contribution in [0.1, 0.15) is 36.0 Å². The van der Waals surface area contributed by atoms with E-state index in [1.807, 2.05) is 0 Å². The van der Waals surface area contributed by atoms with Gasteiger partial charge < -0.3 is 25.3 Å². The van der Waals surface area contributed by atoms with Crippen LogP contribution in [0.2, 0.25) is 0 Å². The van der Waals surface area contributed by atoms with Gasteiger partial charge in [0.1, 0.15) is 9.88 Å². The van der Waals surface area contributed by atoms with Gasteiger partial charge in [0.15, 0.2) is 0 Å². The van der Waals surface area contributed by atoms with Crippen molar-refractivity contribution in [3.05, 3.63) is 45.8 Å². The summed E-state index contributed by atoms with van der Waals surface area (Å²) < 4.78 is 41.9. The topological polar surface area (TPSA) is 154 Å². The molecule has 34 heavy (non-hydrogen) atoms. The van der Waals surface area contributed by atoms with Crippen LogP contribution in [0.25, 0.3) is 0 Å². The third kappa shape index (κ3) is 6.18. The predicted molar refractivity (Wildman–Crippen MR) is 126 cm³/mol. The van der Waals surface area contributed by atoms with E-state index in [-0.39, 0.29) is 52.2 Å². The minimum Gasteiger partial charge on any atom is -0.465 e. The van der Waals surface area contributed by atoms with Crippen LogP contribution in [0.3, 0.4) is 0 Å². The predicted octanol–water partition coefficient (Wildman–Crippen LogP) is 1.48. The first-order chi connectivity index (χ1) is 16.1. The van der Waals surface area contributed by atoms with E-state index >= 15 is 0 Å². The van der Waals surface area contributed by atoms with Crippen molar-refractivity contribution in [1.82, 2.24) is 4.31 Å². The Hall–Kier alpha value is -2.84. The molecule has 1 aromatic carbocycles. The average Bonchev–Trinajstić information content (AvgIpc) is 3.14. The molecule has 0 bridgehead atoms. The second-order valence-corrected chi connectivity index (χ2v) is 9.94. The van der Waals surface area contributed by atoms with Crippen LogP contribution in [0.15, 0.2) is 29.2 Å². The third-order valence-electron chi connectivity index (χ3n) is 4.83. The number of nitrogens with one attached hydrogen (secondary N) is 1. The van der Waals surface area contributed by atoms with Gasteiger partial charge in [-0.2, -0.15) is 4.31 Å². The number of sulfonamides is 1. The zero-order valence-corrected chi connectivity index (χ0v) is 20.9. The Balaban J connectivity index is 2.29. The number of primary amides is 1. The van der Waals surface area contributed by atoms with E-state index in [1.165, 1.54) is 56.8 Å². The van der Waals surface area contributed by atoms with E-state index in [2.05, 4.69) is 5.32 Å². The summed E-state index contributed by atoms with van der Waals surface area (Å²) in [7, 11) is 0.298. The summed E-state index contributed by atoms with van der Waals surface area (Å²) in [5.41, 5.74) is 5.87. The molecule has 3 N–H and O–H groups in total. The van der Waals surface area contributed by atoms with Crippen LogP contribution in [0.5, 0.6) is 0 Å². The minimum atomic E-state index is -3.85. The highest BCUT2D eigenvalue weighted by molar-refractivity contribution is 7.89. The highest BCUT2D eigenvalue weighted by Gasteiger charge is 2.26. The zero-order valence-electron chi connectivity index (χ0n) is 19.2. The van der Waals surface area contributed by atoms with Gasteiger partial charge in [-0.05, 0) is 36.8 Å². The number of nitrogens with two attached hydrogens (primary N) is 1. The SMILES string of the molecule is COCCN(CCOC)S(=O)(=O)c1ccc(C(=O)Nc2sc(C(=O)OC)c(C)c2C(N)=O)cc1. The van der Waals surface area contributed by atoms with Gasteiger partial charge in [0.05, 0.1) is 30.8 Å². The number of rotatable bonds is 12. The van der Waals surface area contributed by atoms with Crippen LogP contribution in [-0.4, -0.2) is 78.1 Å². The number of esters is 1. The molecule has 1 aromatic heterocycles. The number of nitrogens with zero attached hydrogens (tertiary/aromatic N) is 1. The molecule has 0 radical (unpaired) electrons. The molecule has 0 atom stereocenters. The van der Waals surface area contributed by atoms with Crippen LogP contribution < -0.4 is 11.1 Å². The summed E-state index contributed by atoms with van der Waals surface area (Å²) in [6.07, 6.45) is 0. The Kier molecular flexibility index (Phi) is 9.70. The fourth-order valence-corrected chi connectivity index (χ4v) is 5.56. The van der Waals surface area contributed by atoms with Gasteiger partial charge in [0.25, 0.3) is 11.8 Å². The van der Waals surface area contributed by atoms with Crippen molar-refractivity contribution >= 4 is 44.1 Å². The number of carbonyl (C=O) groups is 3. The van der Waals surface area contributed by atoms with Crippen molar-refractivity contribution in [2.24, 2.45) is 5.73 Å². The third-order valence-corrected chi connectivity index (χ3v) is 7.94.